The van der Waals surface area contributed by atoms with Crippen molar-refractivity contribution in [1.82, 2.24) is 14.7 Å². The third kappa shape index (κ3) is 4.32. The Hall–Kier alpha value is -2.63. The van der Waals surface area contributed by atoms with Gasteiger partial charge in [0.25, 0.3) is 5.91 Å². The van der Waals surface area contributed by atoms with Crippen molar-refractivity contribution in [3.63, 3.8) is 0 Å². The minimum absolute atomic E-state index is 0.0376. The number of likely N-dealkylation sites (tertiary alicyclic amines) is 1. The number of aryl methyl sites for hydroxylation is 1. The number of nitrogens with one attached hydrogen (secondary N) is 1. The van der Waals surface area contributed by atoms with Crippen LogP contribution in [-0.2, 0) is 11.3 Å². The summed E-state index contributed by atoms with van der Waals surface area (Å²) < 4.78 is 1.75. The monoisotopic (exact) mass is 448 g/mol. The SMILES string of the molecule is CCn1nccc1C(=O)N1CCC2(CCCC2C(=O)Nc2ccc(C3CCCCC3)cc2)C1. The molecular weight excluding hydrogens is 412 g/mol. The van der Waals surface area contributed by atoms with Crippen LogP contribution in [0.15, 0.2) is 36.5 Å². The summed E-state index contributed by atoms with van der Waals surface area (Å²) in [6.45, 7) is 4.05. The van der Waals surface area contributed by atoms with Gasteiger partial charge in [-0.3, -0.25) is 14.3 Å². The van der Waals surface area contributed by atoms with Gasteiger partial charge in [0.2, 0.25) is 5.91 Å². The number of hydrogen-bond acceptors (Lipinski definition) is 3. The second kappa shape index (κ2) is 9.32. The molecule has 1 aliphatic heterocycles. The Morgan fingerprint density at radius 1 is 1.03 bits per heavy atom. The van der Waals surface area contributed by atoms with Crippen LogP contribution in [0.3, 0.4) is 0 Å². The quantitative estimate of drug-likeness (QED) is 0.682. The first kappa shape index (κ1) is 22.2. The van der Waals surface area contributed by atoms with E-state index in [1.165, 1.54) is 37.7 Å². The average Bonchev–Trinajstić information content (AvgIpc) is 3.60. The first-order valence-electron chi connectivity index (χ1n) is 12.8. The van der Waals surface area contributed by atoms with Crippen molar-refractivity contribution in [2.75, 3.05) is 18.4 Å². The Balaban J connectivity index is 1.24. The van der Waals surface area contributed by atoms with Crippen LogP contribution in [0.1, 0.15) is 86.7 Å². The van der Waals surface area contributed by atoms with Gasteiger partial charge in [-0.05, 0) is 68.7 Å². The number of carbonyl (C=O) groups excluding carboxylic acids is 2. The number of benzene rings is 1. The first-order chi connectivity index (χ1) is 16.1. The van der Waals surface area contributed by atoms with Crippen molar-refractivity contribution in [2.24, 2.45) is 11.3 Å². The third-order valence-corrected chi connectivity index (χ3v) is 8.39. The van der Waals surface area contributed by atoms with Gasteiger partial charge in [-0.2, -0.15) is 5.10 Å². The van der Waals surface area contributed by atoms with E-state index in [4.69, 9.17) is 0 Å². The van der Waals surface area contributed by atoms with E-state index in [9.17, 15) is 9.59 Å². The topological polar surface area (TPSA) is 67.2 Å². The van der Waals surface area contributed by atoms with Gasteiger partial charge in [0, 0.05) is 42.9 Å². The zero-order valence-electron chi connectivity index (χ0n) is 19.8. The van der Waals surface area contributed by atoms with E-state index in [0.717, 1.165) is 31.4 Å². The fourth-order valence-electron chi connectivity index (χ4n) is 6.54. The normalized spacial score (nSPS) is 25.6. The number of amides is 2. The molecule has 0 bridgehead atoms. The fourth-order valence-corrected chi connectivity index (χ4v) is 6.54. The van der Waals surface area contributed by atoms with Crippen LogP contribution in [-0.4, -0.2) is 39.6 Å². The highest BCUT2D eigenvalue weighted by Crippen LogP contribution is 2.50. The molecule has 6 nitrogen and oxygen atoms in total. The van der Waals surface area contributed by atoms with Crippen LogP contribution < -0.4 is 5.32 Å². The Morgan fingerprint density at radius 2 is 1.82 bits per heavy atom. The Morgan fingerprint density at radius 3 is 2.58 bits per heavy atom. The lowest BCUT2D eigenvalue weighted by atomic mass is 9.76. The largest absolute Gasteiger partial charge is 0.337 e. The van der Waals surface area contributed by atoms with Crippen molar-refractivity contribution >= 4 is 17.5 Å². The zero-order valence-corrected chi connectivity index (χ0v) is 19.8. The number of rotatable bonds is 5. The van der Waals surface area contributed by atoms with Gasteiger partial charge in [0.05, 0.1) is 0 Å². The van der Waals surface area contributed by atoms with Crippen molar-refractivity contribution in [1.29, 1.82) is 0 Å². The number of anilines is 1. The van der Waals surface area contributed by atoms with Crippen molar-refractivity contribution in [2.45, 2.75) is 77.2 Å². The lowest BCUT2D eigenvalue weighted by Crippen LogP contribution is -2.39. The molecule has 2 unspecified atom stereocenters. The van der Waals surface area contributed by atoms with Gasteiger partial charge < -0.3 is 10.2 Å². The molecule has 2 saturated carbocycles. The molecule has 2 aliphatic carbocycles. The summed E-state index contributed by atoms with van der Waals surface area (Å²) >= 11 is 0. The zero-order chi connectivity index (χ0) is 22.8. The van der Waals surface area contributed by atoms with Crippen LogP contribution >= 0.6 is 0 Å². The molecule has 1 saturated heterocycles. The summed E-state index contributed by atoms with van der Waals surface area (Å²) in [7, 11) is 0. The summed E-state index contributed by atoms with van der Waals surface area (Å²) in [6, 6.07) is 10.3. The minimum Gasteiger partial charge on any atom is -0.337 e. The van der Waals surface area contributed by atoms with Gasteiger partial charge in [0.1, 0.15) is 5.69 Å². The molecule has 1 N–H and O–H groups in total. The molecule has 176 valence electrons. The van der Waals surface area contributed by atoms with Crippen LogP contribution in [0, 0.1) is 11.3 Å². The van der Waals surface area contributed by atoms with E-state index in [1.807, 2.05) is 11.8 Å². The van der Waals surface area contributed by atoms with E-state index in [2.05, 4.69) is 34.7 Å². The number of hydrogen-bond donors (Lipinski definition) is 1. The summed E-state index contributed by atoms with van der Waals surface area (Å²) in [5.74, 6) is 0.790. The Kier molecular flexibility index (Phi) is 6.26. The minimum atomic E-state index is -0.0984. The molecule has 3 aliphatic rings. The molecule has 1 aromatic carbocycles. The first-order valence-corrected chi connectivity index (χ1v) is 12.8. The molecule has 1 spiro atoms. The van der Waals surface area contributed by atoms with E-state index in [-0.39, 0.29) is 23.1 Å². The predicted molar refractivity (Wildman–Crippen MR) is 129 cm³/mol. The highest BCUT2D eigenvalue weighted by atomic mass is 16.2. The summed E-state index contributed by atoms with van der Waals surface area (Å²) in [5, 5.41) is 7.45. The maximum atomic E-state index is 13.3. The standard InChI is InChI=1S/C27H36N4O2/c1-2-31-24(14-17-28-31)26(33)30-18-16-27(19-30)15-6-9-23(27)25(32)29-22-12-10-21(11-13-22)20-7-4-3-5-8-20/h10-14,17,20,23H,2-9,15-16,18-19H2,1H3,(H,29,32). The summed E-state index contributed by atoms with van der Waals surface area (Å²) in [5.41, 5.74) is 2.84. The number of aromatic nitrogens is 2. The van der Waals surface area contributed by atoms with E-state index in [1.54, 1.807) is 16.9 Å². The fraction of sp³-hybridized carbons (Fsp3) is 0.593. The van der Waals surface area contributed by atoms with E-state index in [0.29, 0.717) is 31.2 Å². The Bertz CT molecular complexity index is 992. The second-order valence-electron chi connectivity index (χ2n) is 10.3. The van der Waals surface area contributed by atoms with E-state index < -0.39 is 0 Å². The highest BCUT2D eigenvalue weighted by molar-refractivity contribution is 5.94. The van der Waals surface area contributed by atoms with Gasteiger partial charge in [-0.25, -0.2) is 0 Å². The second-order valence-corrected chi connectivity index (χ2v) is 10.3. The predicted octanol–water partition coefficient (Wildman–Crippen LogP) is 5.22. The van der Waals surface area contributed by atoms with Crippen LogP contribution in [0.2, 0.25) is 0 Å². The molecular formula is C27H36N4O2. The molecule has 2 aromatic rings. The van der Waals surface area contributed by atoms with Crippen LogP contribution in [0.25, 0.3) is 0 Å². The Labute approximate surface area is 196 Å². The molecule has 2 amide bonds. The molecule has 2 atom stereocenters. The molecule has 2 heterocycles. The maximum Gasteiger partial charge on any atom is 0.272 e. The van der Waals surface area contributed by atoms with Crippen LogP contribution in [0.4, 0.5) is 5.69 Å². The van der Waals surface area contributed by atoms with Crippen molar-refractivity contribution in [3.05, 3.63) is 47.8 Å². The molecule has 33 heavy (non-hydrogen) atoms. The molecule has 3 fully saturated rings. The number of nitrogens with zero attached hydrogens (tertiary/aromatic N) is 3. The molecule has 1 aromatic heterocycles. The van der Waals surface area contributed by atoms with Gasteiger partial charge in [-0.1, -0.05) is 37.8 Å². The smallest absolute Gasteiger partial charge is 0.272 e. The summed E-state index contributed by atoms with van der Waals surface area (Å²) in [6.07, 6.45) is 12.1. The van der Waals surface area contributed by atoms with E-state index >= 15 is 0 Å². The average molecular weight is 449 g/mol. The van der Waals surface area contributed by atoms with Crippen molar-refractivity contribution in [3.8, 4) is 0 Å². The molecule has 5 rings (SSSR count). The van der Waals surface area contributed by atoms with Gasteiger partial charge in [0.15, 0.2) is 0 Å². The molecule has 0 radical (unpaired) electrons. The van der Waals surface area contributed by atoms with Gasteiger partial charge >= 0.3 is 0 Å². The lowest BCUT2D eigenvalue weighted by Gasteiger charge is -2.30. The number of carbonyl (C=O) groups is 2. The summed E-state index contributed by atoms with van der Waals surface area (Å²) in [4.78, 5) is 28.4. The lowest BCUT2D eigenvalue weighted by molar-refractivity contribution is -0.122. The maximum absolute atomic E-state index is 13.3. The molecule has 6 heteroatoms. The van der Waals surface area contributed by atoms with Gasteiger partial charge in [-0.15, -0.1) is 0 Å². The highest BCUT2D eigenvalue weighted by Gasteiger charge is 2.51. The van der Waals surface area contributed by atoms with Crippen molar-refractivity contribution < 1.29 is 9.59 Å². The van der Waals surface area contributed by atoms with Crippen LogP contribution in [0.5, 0.6) is 0 Å². The third-order valence-electron chi connectivity index (χ3n) is 8.39.